The Bertz CT molecular complexity index is 1270. The number of alkyl halides is 6. The van der Waals surface area contributed by atoms with Gasteiger partial charge >= 0.3 is 17.4 Å². The summed E-state index contributed by atoms with van der Waals surface area (Å²) in [7, 11) is -4.36. The molecule has 14 heteroatoms. The van der Waals surface area contributed by atoms with Gasteiger partial charge in [0.05, 0.1) is 15.5 Å². The lowest BCUT2D eigenvalue weighted by Gasteiger charge is -2.10. The topological polar surface area (TPSA) is 90.1 Å². The zero-order chi connectivity index (χ0) is 23.9. The summed E-state index contributed by atoms with van der Waals surface area (Å²) in [6.45, 7) is 0. The average molecular weight is 515 g/mol. The van der Waals surface area contributed by atoms with Crippen LogP contribution in [0.3, 0.4) is 0 Å². The second-order valence-corrected chi connectivity index (χ2v) is 9.16. The van der Waals surface area contributed by atoms with E-state index in [2.05, 4.69) is 14.7 Å². The predicted molar refractivity (Wildman–Crippen MR) is 102 cm³/mol. The molecule has 0 saturated carbocycles. The number of nitrogens with zero attached hydrogens (tertiary/aromatic N) is 2. The number of sulfone groups is 1. The minimum Gasteiger partial charge on any atom is -0.331 e. The number of benzene rings is 2. The van der Waals surface area contributed by atoms with Crippen molar-refractivity contribution in [2.45, 2.75) is 16.5 Å². The largest absolute Gasteiger partial charge is 0.416 e. The second kappa shape index (κ2) is 8.41. The van der Waals surface area contributed by atoms with E-state index < -0.39 is 54.3 Å². The molecule has 3 rings (SSSR count). The Labute approximate surface area is 186 Å². The number of halogens is 7. The van der Waals surface area contributed by atoms with Crippen molar-refractivity contribution in [3.63, 3.8) is 0 Å². The molecule has 0 aliphatic carbocycles. The molecular weight excluding hydrogens is 506 g/mol. The Kier molecular flexibility index (Phi) is 6.33. The summed E-state index contributed by atoms with van der Waals surface area (Å²) >= 11 is 10.5. The van der Waals surface area contributed by atoms with Crippen LogP contribution in [0.1, 0.15) is 21.8 Å². The van der Waals surface area contributed by atoms with E-state index in [0.29, 0.717) is 18.2 Å². The van der Waals surface area contributed by atoms with E-state index >= 15 is 0 Å². The van der Waals surface area contributed by atoms with Crippen LogP contribution >= 0.6 is 23.2 Å². The monoisotopic (exact) mass is 514 g/mol. The highest BCUT2D eigenvalue weighted by atomic mass is 35.5. The molecule has 0 radical (unpaired) electrons. The number of ketones is 1. The fourth-order valence-electron chi connectivity index (χ4n) is 2.52. The zero-order valence-electron chi connectivity index (χ0n) is 15.3. The number of Topliss-reactive ketones (excluding diaryl/α,β-unsaturated/α-hetero) is 1. The molecule has 0 N–H and O–H groups in total. The third-order valence-corrected chi connectivity index (χ3v) is 6.30. The third kappa shape index (κ3) is 5.25. The molecule has 2 aromatic carbocycles. The Morgan fingerprint density at radius 3 is 2.16 bits per heavy atom. The molecule has 1 aromatic heterocycles. The van der Waals surface area contributed by atoms with E-state index in [9.17, 15) is 35.2 Å². The first-order valence-electron chi connectivity index (χ1n) is 8.32. The molecule has 0 amide bonds. The van der Waals surface area contributed by atoms with Gasteiger partial charge < -0.3 is 4.52 Å². The van der Waals surface area contributed by atoms with Gasteiger partial charge in [-0.1, -0.05) is 41.0 Å². The fraction of sp³-hybridized carbons (Fsp3) is 0.167. The minimum atomic E-state index is -4.72. The number of rotatable bonds is 6. The maximum Gasteiger partial charge on any atom is 0.416 e. The molecule has 0 atom stereocenters. The maximum absolute atomic E-state index is 13.0. The standard InChI is InChI=1S/C18H9Cl2F5N2O4S/c19-12-7-11(18(23,24)25)5-6-14(12)32(29,30)8-13(28)9-1-3-10(4-2-9)15-26-16(31-27-15)17(20,21)22/h1-7H,8H2. The molecule has 6 nitrogen and oxygen atoms in total. The van der Waals surface area contributed by atoms with Crippen molar-refractivity contribution >= 4 is 38.8 Å². The second-order valence-electron chi connectivity index (χ2n) is 6.32. The molecule has 0 aliphatic heterocycles. The lowest BCUT2D eigenvalue weighted by Crippen LogP contribution is -2.17. The van der Waals surface area contributed by atoms with Gasteiger partial charge in [-0.05, 0) is 29.8 Å². The average Bonchev–Trinajstić information content (AvgIpc) is 3.17. The van der Waals surface area contributed by atoms with Crippen LogP contribution in [-0.2, 0) is 21.4 Å². The lowest BCUT2D eigenvalue weighted by atomic mass is 10.1. The molecule has 0 unspecified atom stereocenters. The molecule has 3 aromatic rings. The van der Waals surface area contributed by atoms with E-state index in [4.69, 9.17) is 23.2 Å². The quantitative estimate of drug-likeness (QED) is 0.250. The Balaban J connectivity index is 1.79. The molecule has 1 heterocycles. The molecule has 0 spiro atoms. The van der Waals surface area contributed by atoms with Gasteiger partial charge in [0, 0.05) is 11.1 Å². The van der Waals surface area contributed by atoms with Gasteiger partial charge in [-0.25, -0.2) is 8.42 Å². The normalized spacial score (nSPS) is 12.7. The van der Waals surface area contributed by atoms with Crippen LogP contribution in [0.2, 0.25) is 5.02 Å². The number of carbonyl (C=O) groups is 1. The summed E-state index contributed by atoms with van der Waals surface area (Å²) in [4.78, 5) is 15.2. The van der Waals surface area contributed by atoms with Gasteiger partial charge in [0.1, 0.15) is 5.75 Å². The van der Waals surface area contributed by atoms with Crippen LogP contribution < -0.4 is 0 Å². The molecule has 32 heavy (non-hydrogen) atoms. The van der Waals surface area contributed by atoms with Crippen LogP contribution in [0.25, 0.3) is 11.4 Å². The highest BCUT2D eigenvalue weighted by molar-refractivity contribution is 7.92. The maximum atomic E-state index is 13.0. The van der Waals surface area contributed by atoms with Gasteiger partial charge in [-0.15, -0.1) is 0 Å². The molecule has 0 fully saturated rings. The van der Waals surface area contributed by atoms with Crippen molar-refractivity contribution in [3.05, 3.63) is 64.5 Å². The summed E-state index contributed by atoms with van der Waals surface area (Å²) in [6, 6.07) is 6.57. The molecule has 0 saturated heterocycles. The first-order valence-corrected chi connectivity index (χ1v) is 10.7. The minimum absolute atomic E-state index is 0.0771. The Hall–Kier alpha value is -2.57. The zero-order valence-corrected chi connectivity index (χ0v) is 17.7. The summed E-state index contributed by atoms with van der Waals surface area (Å²) in [5.41, 5.74) is -1.04. The van der Waals surface area contributed by atoms with Crippen molar-refractivity contribution in [3.8, 4) is 11.4 Å². The predicted octanol–water partition coefficient (Wildman–Crippen LogP) is 5.35. The van der Waals surface area contributed by atoms with E-state index in [-0.39, 0.29) is 17.0 Å². The Morgan fingerprint density at radius 2 is 1.66 bits per heavy atom. The smallest absolute Gasteiger partial charge is 0.331 e. The summed E-state index contributed by atoms with van der Waals surface area (Å²) in [6.07, 6.45) is -4.72. The van der Waals surface area contributed by atoms with E-state index in [0.717, 1.165) is 0 Å². The van der Waals surface area contributed by atoms with Crippen LogP contribution in [-0.4, -0.2) is 30.1 Å². The fourth-order valence-corrected chi connectivity index (χ4v) is 4.43. The van der Waals surface area contributed by atoms with Crippen molar-refractivity contribution in [2.75, 3.05) is 5.75 Å². The number of hydrogen-bond donors (Lipinski definition) is 0. The highest BCUT2D eigenvalue weighted by Gasteiger charge is 2.36. The van der Waals surface area contributed by atoms with E-state index in [1.54, 1.807) is 0 Å². The lowest BCUT2D eigenvalue weighted by molar-refractivity contribution is -0.137. The Morgan fingerprint density at radius 1 is 1.03 bits per heavy atom. The van der Waals surface area contributed by atoms with Crippen molar-refractivity contribution < 1.29 is 39.7 Å². The van der Waals surface area contributed by atoms with Gasteiger partial charge in [-0.2, -0.15) is 26.9 Å². The third-order valence-electron chi connectivity index (χ3n) is 4.05. The van der Waals surface area contributed by atoms with Crippen LogP contribution in [0, 0.1) is 0 Å². The van der Waals surface area contributed by atoms with Crippen molar-refractivity contribution in [1.82, 2.24) is 10.1 Å². The summed E-state index contributed by atoms with van der Waals surface area (Å²) in [5.74, 6) is -3.33. The number of aromatic nitrogens is 2. The first-order chi connectivity index (χ1) is 14.7. The molecular formula is C18H9Cl2F5N2O4S. The van der Waals surface area contributed by atoms with E-state index in [1.807, 2.05) is 0 Å². The molecule has 170 valence electrons. The number of carbonyl (C=O) groups excluding carboxylic acids is 1. The van der Waals surface area contributed by atoms with Crippen molar-refractivity contribution in [2.24, 2.45) is 0 Å². The molecule has 0 bridgehead atoms. The van der Waals surface area contributed by atoms with Crippen molar-refractivity contribution in [1.29, 1.82) is 0 Å². The van der Waals surface area contributed by atoms with Gasteiger partial charge in [-0.3, -0.25) is 4.79 Å². The number of hydrogen-bond acceptors (Lipinski definition) is 6. The SMILES string of the molecule is O=C(CS(=O)(=O)c1ccc(C(F)(F)F)cc1Cl)c1ccc(-c2noc(C(F)(F)Cl)n2)cc1. The van der Waals surface area contributed by atoms with Gasteiger partial charge in [0.15, 0.2) is 15.6 Å². The summed E-state index contributed by atoms with van der Waals surface area (Å²) in [5, 5.41) is -1.21. The summed E-state index contributed by atoms with van der Waals surface area (Å²) < 4.78 is 93.4. The van der Waals surface area contributed by atoms with Gasteiger partial charge in [0.2, 0.25) is 5.82 Å². The first kappa shape index (κ1) is 24.1. The van der Waals surface area contributed by atoms with Crippen LogP contribution in [0.15, 0.2) is 51.9 Å². The van der Waals surface area contributed by atoms with E-state index in [1.165, 1.54) is 24.3 Å². The molecule has 0 aliphatic rings. The van der Waals surface area contributed by atoms with Crippen LogP contribution in [0.4, 0.5) is 22.0 Å². The highest BCUT2D eigenvalue weighted by Crippen LogP contribution is 2.34. The van der Waals surface area contributed by atoms with Gasteiger partial charge in [0.25, 0.3) is 0 Å². The van der Waals surface area contributed by atoms with Crippen LogP contribution in [0.5, 0.6) is 0 Å².